The van der Waals surface area contributed by atoms with Crippen LogP contribution in [0.5, 0.6) is 0 Å². The molecule has 212 valence electrons. The lowest BCUT2D eigenvalue weighted by molar-refractivity contribution is -0.137. The summed E-state index contributed by atoms with van der Waals surface area (Å²) < 4.78 is 53.3. The number of carbonyl (C=O) groups excluding carboxylic acids is 1. The van der Waals surface area contributed by atoms with Gasteiger partial charge in [-0.25, -0.2) is 9.37 Å². The summed E-state index contributed by atoms with van der Waals surface area (Å²) in [6, 6.07) is 18.3. The maximum absolute atomic E-state index is 13.3. The van der Waals surface area contributed by atoms with Gasteiger partial charge in [-0.1, -0.05) is 60.3 Å². The van der Waals surface area contributed by atoms with E-state index in [9.17, 15) is 27.2 Å². The van der Waals surface area contributed by atoms with E-state index in [4.69, 9.17) is 4.98 Å². The Kier molecular flexibility index (Phi) is 8.30. The average molecular weight is 582 g/mol. The van der Waals surface area contributed by atoms with Crippen LogP contribution in [0.4, 0.5) is 17.6 Å². The number of rotatable bonds is 8. The highest BCUT2D eigenvalue weighted by Crippen LogP contribution is 2.31. The molecule has 1 aliphatic carbocycles. The fraction of sp³-hybridized carbons (Fsp3) is 0.258. The molecule has 0 bridgehead atoms. The Balaban J connectivity index is 1.28. The van der Waals surface area contributed by atoms with Crippen molar-refractivity contribution in [2.75, 3.05) is 7.05 Å². The minimum atomic E-state index is -4.39. The topological polar surface area (TPSA) is 55.2 Å². The molecular formula is C31H27F4N3O2S. The fourth-order valence-corrected chi connectivity index (χ4v) is 5.72. The van der Waals surface area contributed by atoms with Crippen LogP contribution in [0.3, 0.4) is 0 Å². The first-order chi connectivity index (χ1) is 19.6. The van der Waals surface area contributed by atoms with Crippen molar-refractivity contribution >= 4 is 17.7 Å². The van der Waals surface area contributed by atoms with Gasteiger partial charge in [0.25, 0.3) is 5.56 Å². The van der Waals surface area contributed by atoms with Crippen LogP contribution < -0.4 is 5.56 Å². The van der Waals surface area contributed by atoms with Crippen LogP contribution in [-0.2, 0) is 42.7 Å². The Morgan fingerprint density at radius 1 is 0.927 bits per heavy atom. The first kappa shape index (κ1) is 28.6. The minimum Gasteiger partial charge on any atom is -0.340 e. The number of carbonyl (C=O) groups is 1. The molecule has 3 aromatic carbocycles. The minimum absolute atomic E-state index is 0.162. The fourth-order valence-electron chi connectivity index (χ4n) is 4.76. The van der Waals surface area contributed by atoms with Gasteiger partial charge in [-0.3, -0.25) is 14.2 Å². The number of thioether (sulfide) groups is 1. The summed E-state index contributed by atoms with van der Waals surface area (Å²) in [4.78, 5) is 32.8. The van der Waals surface area contributed by atoms with Gasteiger partial charge in [0, 0.05) is 24.9 Å². The van der Waals surface area contributed by atoms with Gasteiger partial charge in [-0.15, -0.1) is 0 Å². The third kappa shape index (κ3) is 6.70. The van der Waals surface area contributed by atoms with E-state index in [2.05, 4.69) is 0 Å². The van der Waals surface area contributed by atoms with Gasteiger partial charge in [0.1, 0.15) is 12.4 Å². The summed E-state index contributed by atoms with van der Waals surface area (Å²) in [5.74, 6) is -0.114. The Labute approximate surface area is 238 Å². The molecular weight excluding hydrogens is 554 g/mol. The maximum atomic E-state index is 13.3. The lowest BCUT2D eigenvalue weighted by Gasteiger charge is -2.20. The zero-order valence-electron chi connectivity index (χ0n) is 22.2. The highest BCUT2D eigenvalue weighted by atomic mass is 32.2. The van der Waals surface area contributed by atoms with E-state index >= 15 is 0 Å². The zero-order valence-corrected chi connectivity index (χ0v) is 23.1. The number of alkyl halides is 3. The average Bonchev–Trinajstić information content (AvgIpc) is 3.43. The molecule has 10 heteroatoms. The quantitative estimate of drug-likeness (QED) is 0.135. The van der Waals surface area contributed by atoms with Crippen molar-refractivity contribution in [2.24, 2.45) is 0 Å². The number of fused-ring (bicyclic) bond motifs is 1. The maximum Gasteiger partial charge on any atom is 0.416 e. The zero-order chi connectivity index (χ0) is 29.1. The summed E-state index contributed by atoms with van der Waals surface area (Å²) >= 11 is 1.34. The van der Waals surface area contributed by atoms with Crippen molar-refractivity contribution in [2.45, 2.75) is 49.4 Å². The monoisotopic (exact) mass is 581 g/mol. The molecule has 0 fully saturated rings. The molecule has 0 unspecified atom stereocenters. The summed E-state index contributed by atoms with van der Waals surface area (Å²) in [6.07, 6.45) is -2.17. The molecule has 4 aromatic rings. The highest BCUT2D eigenvalue weighted by Gasteiger charge is 2.30. The number of aryl methyl sites for hydroxylation is 1. The molecule has 1 amide bonds. The molecule has 1 heterocycles. The molecule has 5 nitrogen and oxygen atoms in total. The largest absolute Gasteiger partial charge is 0.416 e. The Morgan fingerprint density at radius 2 is 1.54 bits per heavy atom. The van der Waals surface area contributed by atoms with Gasteiger partial charge < -0.3 is 4.90 Å². The van der Waals surface area contributed by atoms with Crippen molar-refractivity contribution in [3.63, 3.8) is 0 Å². The van der Waals surface area contributed by atoms with E-state index in [-0.39, 0.29) is 30.4 Å². The molecule has 5 rings (SSSR count). The van der Waals surface area contributed by atoms with Crippen molar-refractivity contribution < 1.29 is 22.4 Å². The summed E-state index contributed by atoms with van der Waals surface area (Å²) in [7, 11) is 1.66. The number of aromatic nitrogens is 2. The summed E-state index contributed by atoms with van der Waals surface area (Å²) in [5, 5.41) is 0.461. The third-order valence-corrected chi connectivity index (χ3v) is 8.12. The summed E-state index contributed by atoms with van der Waals surface area (Å²) in [5.41, 5.74) is 3.66. The number of benzene rings is 3. The smallest absolute Gasteiger partial charge is 0.340 e. The van der Waals surface area contributed by atoms with E-state index < -0.39 is 11.7 Å². The molecule has 0 radical (unpaired) electrons. The number of halogens is 4. The van der Waals surface area contributed by atoms with Crippen molar-refractivity contribution in [1.29, 1.82) is 0 Å². The van der Waals surface area contributed by atoms with Crippen LogP contribution in [0.1, 0.15) is 34.4 Å². The second-order valence-corrected chi connectivity index (χ2v) is 10.9. The van der Waals surface area contributed by atoms with Gasteiger partial charge in [-0.2, -0.15) is 13.2 Å². The van der Waals surface area contributed by atoms with Crippen molar-refractivity contribution in [1.82, 2.24) is 14.5 Å². The van der Waals surface area contributed by atoms with E-state index in [1.807, 2.05) is 12.1 Å². The number of hydrogen-bond acceptors (Lipinski definition) is 4. The molecule has 0 saturated carbocycles. The van der Waals surface area contributed by atoms with Gasteiger partial charge >= 0.3 is 6.18 Å². The molecule has 41 heavy (non-hydrogen) atoms. The van der Waals surface area contributed by atoms with Crippen LogP contribution in [0.25, 0.3) is 11.1 Å². The number of amides is 1. The van der Waals surface area contributed by atoms with E-state index in [0.29, 0.717) is 28.5 Å². The van der Waals surface area contributed by atoms with Crippen LogP contribution >= 0.6 is 11.8 Å². The first-order valence-electron chi connectivity index (χ1n) is 13.1. The number of hydrogen-bond donors (Lipinski definition) is 0. The van der Waals surface area contributed by atoms with Crippen LogP contribution in [0.15, 0.2) is 82.7 Å². The first-order valence-corrected chi connectivity index (χ1v) is 14.1. The lowest BCUT2D eigenvalue weighted by atomic mass is 10.0. The third-order valence-electron chi connectivity index (χ3n) is 7.07. The van der Waals surface area contributed by atoms with E-state index in [1.54, 1.807) is 31.3 Å². The second kappa shape index (κ2) is 11.9. The van der Waals surface area contributed by atoms with Gasteiger partial charge in [0.05, 0.1) is 11.3 Å². The molecule has 1 aliphatic rings. The Morgan fingerprint density at radius 3 is 2.17 bits per heavy atom. The molecule has 0 aliphatic heterocycles. The Bertz CT molecular complexity index is 1600. The van der Waals surface area contributed by atoms with Crippen molar-refractivity contribution in [3.8, 4) is 11.1 Å². The van der Waals surface area contributed by atoms with E-state index in [1.165, 1.54) is 45.5 Å². The normalized spacial score (nSPS) is 12.8. The predicted octanol–water partition coefficient (Wildman–Crippen LogP) is 6.51. The predicted molar refractivity (Wildman–Crippen MR) is 150 cm³/mol. The lowest BCUT2D eigenvalue weighted by Crippen LogP contribution is -2.36. The second-order valence-electron chi connectivity index (χ2n) is 10.0. The van der Waals surface area contributed by atoms with Crippen LogP contribution in [0.2, 0.25) is 0 Å². The van der Waals surface area contributed by atoms with Gasteiger partial charge in [-0.05, 0) is 65.8 Å². The number of nitrogens with zero attached hydrogens (tertiary/aromatic N) is 3. The highest BCUT2D eigenvalue weighted by molar-refractivity contribution is 7.98. The van der Waals surface area contributed by atoms with Gasteiger partial charge in [0.2, 0.25) is 5.91 Å². The van der Waals surface area contributed by atoms with Gasteiger partial charge in [0.15, 0.2) is 5.16 Å². The number of likely N-dealkylation sites (N-methyl/N-ethyl adjacent to an activating group) is 1. The SMILES string of the molecule is CN(Cc1ccc(-c2ccc(C(F)(F)F)cc2)cc1)C(=O)Cn1c(SCc2ccc(F)cc2)nc2c(c1=O)CCC2. The molecule has 0 N–H and O–H groups in total. The van der Waals surface area contributed by atoms with Crippen LogP contribution in [-0.4, -0.2) is 27.4 Å². The standard InChI is InChI=1S/C31H27F4N3O2S/c1-37(17-20-5-9-22(10-6-20)23-11-13-24(14-12-23)31(33,34)35)28(39)18-38-29(40)26-3-2-4-27(26)36-30(38)41-19-21-7-15-25(32)16-8-21/h5-16H,2-4,17-19H2,1H3. The van der Waals surface area contributed by atoms with Crippen LogP contribution in [0, 0.1) is 5.82 Å². The molecule has 0 saturated heterocycles. The summed E-state index contributed by atoms with van der Waals surface area (Å²) in [6.45, 7) is 0.127. The molecule has 0 atom stereocenters. The molecule has 0 spiro atoms. The molecule has 1 aromatic heterocycles. The van der Waals surface area contributed by atoms with Crippen molar-refractivity contribution in [3.05, 3.63) is 117 Å². The van der Waals surface area contributed by atoms with E-state index in [0.717, 1.165) is 47.4 Å². The Hall–Kier alpha value is -3.92.